The fourth-order valence-electron chi connectivity index (χ4n) is 2.16. The maximum absolute atomic E-state index is 12.8. The first-order valence-corrected chi connectivity index (χ1v) is 8.96. The fraction of sp³-hybridized carbons (Fsp3) is 0.316. The van der Waals surface area contributed by atoms with Crippen LogP contribution in [0, 0.1) is 5.82 Å². The number of thioether (sulfide) groups is 1. The van der Waals surface area contributed by atoms with E-state index in [4.69, 9.17) is 5.11 Å². The van der Waals surface area contributed by atoms with Crippen molar-refractivity contribution in [3.05, 3.63) is 71.0 Å². The Bertz CT molecular complexity index is 643. The zero-order valence-corrected chi connectivity index (χ0v) is 14.5. The molecule has 1 atom stereocenters. The van der Waals surface area contributed by atoms with Gasteiger partial charge in [0, 0.05) is 12.3 Å². The lowest BCUT2D eigenvalue weighted by Crippen LogP contribution is -2.32. The topological polar surface area (TPSA) is 49.3 Å². The summed E-state index contributed by atoms with van der Waals surface area (Å²) < 4.78 is 12.8. The lowest BCUT2D eigenvalue weighted by atomic mass is 10.1. The smallest absolute Gasteiger partial charge is 0.232 e. The van der Waals surface area contributed by atoms with Gasteiger partial charge in [-0.2, -0.15) is 0 Å². The molecule has 3 nitrogen and oxygen atoms in total. The number of amides is 1. The van der Waals surface area contributed by atoms with Crippen molar-refractivity contribution in [3.63, 3.8) is 0 Å². The van der Waals surface area contributed by atoms with Gasteiger partial charge in [0.1, 0.15) is 5.82 Å². The Morgan fingerprint density at radius 2 is 1.67 bits per heavy atom. The SMILES string of the molecule is CC(SCc1ccc(CO)cc1)C(=O)NCCc1ccc(F)cc1. The molecule has 2 N–H and O–H groups in total. The number of carbonyl (C=O) groups excluding carboxylic acids is 1. The minimum atomic E-state index is -0.250. The van der Waals surface area contributed by atoms with Crippen molar-refractivity contribution in [2.45, 2.75) is 31.0 Å². The Labute approximate surface area is 146 Å². The summed E-state index contributed by atoms with van der Waals surface area (Å²) in [6, 6.07) is 14.0. The molecule has 0 aliphatic rings. The molecule has 2 aromatic carbocycles. The third-order valence-corrected chi connectivity index (χ3v) is 4.92. The van der Waals surface area contributed by atoms with Crippen LogP contribution in [0.25, 0.3) is 0 Å². The Morgan fingerprint density at radius 1 is 1.08 bits per heavy atom. The van der Waals surface area contributed by atoms with Crippen molar-refractivity contribution in [1.29, 1.82) is 0 Å². The minimum Gasteiger partial charge on any atom is -0.392 e. The first-order valence-electron chi connectivity index (χ1n) is 7.91. The van der Waals surface area contributed by atoms with E-state index in [1.54, 1.807) is 23.9 Å². The number of halogens is 1. The van der Waals surface area contributed by atoms with Gasteiger partial charge in [-0.3, -0.25) is 4.79 Å². The number of carbonyl (C=O) groups is 1. The van der Waals surface area contributed by atoms with Crippen LogP contribution in [0.5, 0.6) is 0 Å². The van der Waals surface area contributed by atoms with Crippen LogP contribution in [0.2, 0.25) is 0 Å². The van der Waals surface area contributed by atoms with Gasteiger partial charge in [-0.15, -0.1) is 11.8 Å². The molecule has 2 rings (SSSR count). The average Bonchev–Trinajstić information content (AvgIpc) is 2.61. The van der Waals surface area contributed by atoms with Crippen LogP contribution < -0.4 is 5.32 Å². The number of aliphatic hydroxyl groups is 1. The number of benzene rings is 2. The number of hydrogen-bond donors (Lipinski definition) is 2. The molecule has 0 aliphatic carbocycles. The van der Waals surface area contributed by atoms with Crippen molar-refractivity contribution in [3.8, 4) is 0 Å². The predicted octanol–water partition coefficient (Wildman–Crippen LogP) is 3.30. The van der Waals surface area contributed by atoms with E-state index in [1.807, 2.05) is 31.2 Å². The molecule has 0 saturated carbocycles. The fourth-order valence-corrected chi connectivity index (χ4v) is 3.03. The van der Waals surface area contributed by atoms with Crippen molar-refractivity contribution < 1.29 is 14.3 Å². The zero-order chi connectivity index (χ0) is 17.4. The van der Waals surface area contributed by atoms with Gasteiger partial charge < -0.3 is 10.4 Å². The van der Waals surface area contributed by atoms with Gasteiger partial charge in [0.05, 0.1) is 11.9 Å². The number of aliphatic hydroxyl groups excluding tert-OH is 1. The molecular weight excluding hydrogens is 325 g/mol. The summed E-state index contributed by atoms with van der Waals surface area (Å²) in [5.41, 5.74) is 3.01. The van der Waals surface area contributed by atoms with Crippen molar-refractivity contribution in [2.75, 3.05) is 6.54 Å². The molecule has 5 heteroatoms. The Kier molecular flexibility index (Phi) is 7.28. The number of nitrogens with one attached hydrogen (secondary N) is 1. The highest BCUT2D eigenvalue weighted by molar-refractivity contribution is 7.99. The van der Waals surface area contributed by atoms with E-state index in [0.717, 1.165) is 22.4 Å². The minimum absolute atomic E-state index is 0.00842. The Morgan fingerprint density at radius 3 is 2.29 bits per heavy atom. The van der Waals surface area contributed by atoms with Gasteiger partial charge in [-0.1, -0.05) is 36.4 Å². The van der Waals surface area contributed by atoms with Crippen LogP contribution in [0.3, 0.4) is 0 Å². The normalized spacial score (nSPS) is 12.0. The van der Waals surface area contributed by atoms with Crippen LogP contribution in [0.1, 0.15) is 23.6 Å². The van der Waals surface area contributed by atoms with E-state index >= 15 is 0 Å². The standard InChI is InChI=1S/C19H22FNO2S/c1-14(24-13-17-4-2-16(12-22)3-5-17)19(23)21-11-10-15-6-8-18(20)9-7-15/h2-9,14,22H,10-13H2,1H3,(H,21,23). The van der Waals surface area contributed by atoms with Crippen LogP contribution in [0.15, 0.2) is 48.5 Å². The maximum atomic E-state index is 12.8. The molecule has 24 heavy (non-hydrogen) atoms. The van der Waals surface area contributed by atoms with E-state index in [-0.39, 0.29) is 23.6 Å². The summed E-state index contributed by atoms with van der Waals surface area (Å²) in [6.45, 7) is 2.47. The van der Waals surface area contributed by atoms with Crippen LogP contribution in [-0.2, 0) is 23.6 Å². The molecule has 1 amide bonds. The number of hydrogen-bond acceptors (Lipinski definition) is 3. The van der Waals surface area contributed by atoms with E-state index in [2.05, 4.69) is 5.32 Å². The molecule has 0 bridgehead atoms. The third-order valence-electron chi connectivity index (χ3n) is 3.70. The summed E-state index contributed by atoms with van der Waals surface area (Å²) >= 11 is 1.58. The lowest BCUT2D eigenvalue weighted by molar-refractivity contribution is -0.120. The third kappa shape index (κ3) is 5.98. The van der Waals surface area contributed by atoms with Crippen molar-refractivity contribution in [2.24, 2.45) is 0 Å². The second-order valence-electron chi connectivity index (χ2n) is 5.60. The summed E-state index contributed by atoms with van der Waals surface area (Å²) in [7, 11) is 0. The molecule has 0 fully saturated rings. The summed E-state index contributed by atoms with van der Waals surface area (Å²) in [6.07, 6.45) is 0.687. The molecule has 0 radical (unpaired) electrons. The molecule has 0 spiro atoms. The molecule has 1 unspecified atom stereocenters. The first kappa shape index (κ1) is 18.5. The second kappa shape index (κ2) is 9.45. The van der Waals surface area contributed by atoms with Crippen molar-refractivity contribution in [1.82, 2.24) is 5.32 Å². The van der Waals surface area contributed by atoms with Gasteiger partial charge in [0.2, 0.25) is 5.91 Å². The predicted molar refractivity (Wildman–Crippen MR) is 96.2 cm³/mol. The van der Waals surface area contributed by atoms with Crippen molar-refractivity contribution >= 4 is 17.7 Å². The zero-order valence-electron chi connectivity index (χ0n) is 13.7. The van der Waals surface area contributed by atoms with E-state index in [0.29, 0.717) is 13.0 Å². The maximum Gasteiger partial charge on any atom is 0.232 e. The largest absolute Gasteiger partial charge is 0.392 e. The highest BCUT2D eigenvalue weighted by atomic mass is 32.2. The molecule has 0 aromatic heterocycles. The number of rotatable bonds is 8. The van der Waals surface area contributed by atoms with E-state index in [1.165, 1.54) is 12.1 Å². The molecule has 0 heterocycles. The second-order valence-corrected chi connectivity index (χ2v) is 6.92. The van der Waals surface area contributed by atoms with Gasteiger partial charge in [0.25, 0.3) is 0 Å². The molecule has 128 valence electrons. The van der Waals surface area contributed by atoms with E-state index in [9.17, 15) is 9.18 Å². The monoisotopic (exact) mass is 347 g/mol. The van der Waals surface area contributed by atoms with Crippen LogP contribution in [-0.4, -0.2) is 22.8 Å². The Hall–Kier alpha value is -1.85. The average molecular weight is 347 g/mol. The quantitative estimate of drug-likeness (QED) is 0.770. The summed E-state index contributed by atoms with van der Waals surface area (Å²) in [5, 5.41) is 11.8. The van der Waals surface area contributed by atoms with Crippen LogP contribution in [0.4, 0.5) is 4.39 Å². The Balaban J connectivity index is 1.70. The molecule has 0 aliphatic heterocycles. The molecular formula is C19H22FNO2S. The highest BCUT2D eigenvalue weighted by Crippen LogP contribution is 2.18. The summed E-state index contributed by atoms with van der Waals surface area (Å²) in [5.74, 6) is 0.507. The first-order chi connectivity index (χ1) is 11.6. The summed E-state index contributed by atoms with van der Waals surface area (Å²) in [4.78, 5) is 12.1. The van der Waals surface area contributed by atoms with Gasteiger partial charge in [0.15, 0.2) is 0 Å². The van der Waals surface area contributed by atoms with Gasteiger partial charge >= 0.3 is 0 Å². The lowest BCUT2D eigenvalue weighted by Gasteiger charge is -2.12. The molecule has 0 saturated heterocycles. The van der Waals surface area contributed by atoms with Crippen LogP contribution >= 0.6 is 11.8 Å². The van der Waals surface area contributed by atoms with Gasteiger partial charge in [-0.05, 0) is 42.2 Å². The van der Waals surface area contributed by atoms with E-state index < -0.39 is 0 Å². The highest BCUT2D eigenvalue weighted by Gasteiger charge is 2.12. The van der Waals surface area contributed by atoms with Gasteiger partial charge in [-0.25, -0.2) is 4.39 Å². The molecule has 2 aromatic rings.